The van der Waals surface area contributed by atoms with Crippen molar-refractivity contribution in [3.63, 3.8) is 0 Å². The second-order valence-electron chi connectivity index (χ2n) is 2.92. The van der Waals surface area contributed by atoms with Crippen molar-refractivity contribution in [1.29, 1.82) is 0 Å². The Morgan fingerprint density at radius 1 is 1.25 bits per heavy atom. The molecule has 0 atom stereocenters. The monoisotopic (exact) mass is 299 g/mol. The highest BCUT2D eigenvalue weighted by Crippen LogP contribution is 2.19. The van der Waals surface area contributed by atoms with E-state index in [4.69, 9.17) is 17.3 Å². The van der Waals surface area contributed by atoms with E-state index in [1.807, 2.05) is 24.3 Å². The van der Waals surface area contributed by atoms with Gasteiger partial charge in [-0.1, -0.05) is 22.0 Å². The Bertz CT molecular complexity index is 499. The van der Waals surface area contributed by atoms with Crippen molar-refractivity contribution in [2.45, 2.75) is 0 Å². The highest BCUT2D eigenvalue weighted by atomic mass is 79.9. The number of hydrogen-bond acceptors (Lipinski definition) is 5. The molecule has 7 heteroatoms. The molecule has 0 unspecified atom stereocenters. The van der Waals surface area contributed by atoms with Gasteiger partial charge in [-0.25, -0.2) is 0 Å². The Balaban J connectivity index is 2.27. The van der Waals surface area contributed by atoms with Crippen molar-refractivity contribution >= 4 is 45.1 Å². The maximum absolute atomic E-state index is 5.66. The van der Waals surface area contributed by atoms with E-state index in [0.29, 0.717) is 5.95 Å². The third-order valence-electron chi connectivity index (χ3n) is 1.71. The molecule has 0 spiro atoms. The molecule has 0 aliphatic carbocycles. The molecule has 5 nitrogen and oxygen atoms in total. The first-order valence-electron chi connectivity index (χ1n) is 4.33. The fourth-order valence-electron chi connectivity index (χ4n) is 1.12. The number of aromatic nitrogens is 3. The maximum Gasteiger partial charge on any atom is 0.233 e. The van der Waals surface area contributed by atoms with Crippen LogP contribution >= 0.6 is 27.5 Å². The molecule has 0 radical (unpaired) electrons. The van der Waals surface area contributed by atoms with Gasteiger partial charge in [0.1, 0.15) is 0 Å². The van der Waals surface area contributed by atoms with Gasteiger partial charge < -0.3 is 11.1 Å². The average Bonchev–Trinajstić information content (AvgIpc) is 2.15. The number of halogens is 2. The van der Waals surface area contributed by atoms with E-state index in [1.54, 1.807) is 0 Å². The molecule has 16 heavy (non-hydrogen) atoms. The normalized spacial score (nSPS) is 10.1. The van der Waals surface area contributed by atoms with Gasteiger partial charge in [-0.3, -0.25) is 0 Å². The SMILES string of the molecule is Nc1nc(Cl)nc(Nc2cccc(Br)c2)n1. The summed E-state index contributed by atoms with van der Waals surface area (Å²) in [7, 11) is 0. The third kappa shape index (κ3) is 2.80. The third-order valence-corrected chi connectivity index (χ3v) is 2.37. The fraction of sp³-hybridized carbons (Fsp3) is 0. The second-order valence-corrected chi connectivity index (χ2v) is 4.18. The first kappa shape index (κ1) is 11.1. The van der Waals surface area contributed by atoms with Crippen molar-refractivity contribution < 1.29 is 0 Å². The molecule has 0 amide bonds. The van der Waals surface area contributed by atoms with Gasteiger partial charge in [0.2, 0.25) is 17.2 Å². The number of nitrogens with zero attached hydrogens (tertiary/aromatic N) is 3. The molecule has 1 aromatic heterocycles. The molecule has 0 aliphatic heterocycles. The molecule has 0 saturated carbocycles. The zero-order valence-corrected chi connectivity index (χ0v) is 10.3. The lowest BCUT2D eigenvalue weighted by Crippen LogP contribution is -2.03. The van der Waals surface area contributed by atoms with E-state index in [0.717, 1.165) is 10.2 Å². The van der Waals surface area contributed by atoms with Gasteiger partial charge >= 0.3 is 0 Å². The first-order chi connectivity index (χ1) is 7.63. The van der Waals surface area contributed by atoms with Crippen molar-refractivity contribution in [1.82, 2.24) is 15.0 Å². The van der Waals surface area contributed by atoms with Crippen molar-refractivity contribution in [2.75, 3.05) is 11.1 Å². The van der Waals surface area contributed by atoms with E-state index < -0.39 is 0 Å². The van der Waals surface area contributed by atoms with Crippen LogP contribution in [0.3, 0.4) is 0 Å². The summed E-state index contributed by atoms with van der Waals surface area (Å²) >= 11 is 9.02. The summed E-state index contributed by atoms with van der Waals surface area (Å²) in [5.74, 6) is 0.396. The number of benzene rings is 1. The molecule has 0 bridgehead atoms. The van der Waals surface area contributed by atoms with Crippen LogP contribution in [-0.2, 0) is 0 Å². The van der Waals surface area contributed by atoms with Crippen LogP contribution in [0.5, 0.6) is 0 Å². The number of nitrogen functional groups attached to an aromatic ring is 1. The first-order valence-corrected chi connectivity index (χ1v) is 5.50. The molecule has 82 valence electrons. The van der Waals surface area contributed by atoms with Gasteiger partial charge in [-0.05, 0) is 29.8 Å². The van der Waals surface area contributed by atoms with Gasteiger partial charge in [0.05, 0.1) is 0 Å². The topological polar surface area (TPSA) is 76.7 Å². The summed E-state index contributed by atoms with van der Waals surface area (Å²) in [4.78, 5) is 11.5. The van der Waals surface area contributed by atoms with E-state index in [-0.39, 0.29) is 11.2 Å². The Morgan fingerprint density at radius 3 is 2.75 bits per heavy atom. The predicted octanol–water partition coefficient (Wildman–Crippen LogP) is 2.61. The lowest BCUT2D eigenvalue weighted by Gasteiger charge is -2.05. The summed E-state index contributed by atoms with van der Waals surface area (Å²) in [6.07, 6.45) is 0. The van der Waals surface area contributed by atoms with Crippen LogP contribution in [-0.4, -0.2) is 15.0 Å². The summed E-state index contributed by atoms with van der Waals surface area (Å²) in [6.45, 7) is 0. The van der Waals surface area contributed by atoms with Gasteiger partial charge in [-0.15, -0.1) is 0 Å². The van der Waals surface area contributed by atoms with Crippen LogP contribution in [0, 0.1) is 0 Å². The summed E-state index contributed by atoms with van der Waals surface area (Å²) < 4.78 is 0.950. The number of nitrogens with two attached hydrogens (primary N) is 1. The summed E-state index contributed by atoms with van der Waals surface area (Å²) in [5, 5.41) is 3.03. The predicted molar refractivity (Wildman–Crippen MR) is 66.7 cm³/mol. The lowest BCUT2D eigenvalue weighted by atomic mass is 10.3. The summed E-state index contributed by atoms with van der Waals surface area (Å²) in [5.41, 5.74) is 6.28. The molecular weight excluding hydrogens is 293 g/mol. The largest absolute Gasteiger partial charge is 0.368 e. The zero-order chi connectivity index (χ0) is 11.5. The van der Waals surface area contributed by atoms with E-state index >= 15 is 0 Å². The molecule has 2 rings (SSSR count). The number of nitrogens with one attached hydrogen (secondary N) is 1. The highest BCUT2D eigenvalue weighted by Gasteiger charge is 2.02. The number of rotatable bonds is 2. The standard InChI is InChI=1S/C9H7BrClN5/c10-5-2-1-3-6(4-5)13-9-15-7(11)14-8(12)16-9/h1-4H,(H3,12,13,14,15,16). The van der Waals surface area contributed by atoms with Crippen LogP contribution < -0.4 is 11.1 Å². The highest BCUT2D eigenvalue weighted by molar-refractivity contribution is 9.10. The van der Waals surface area contributed by atoms with Crippen molar-refractivity contribution in [3.05, 3.63) is 34.0 Å². The Kier molecular flexibility index (Phi) is 3.21. The van der Waals surface area contributed by atoms with E-state index in [1.165, 1.54) is 0 Å². The molecular formula is C9H7BrClN5. The molecule has 2 aromatic rings. The number of hydrogen-bond donors (Lipinski definition) is 2. The molecule has 0 fully saturated rings. The minimum absolute atomic E-state index is 0.0602. The molecule has 0 saturated heterocycles. The zero-order valence-electron chi connectivity index (χ0n) is 7.98. The van der Waals surface area contributed by atoms with Crippen molar-refractivity contribution in [3.8, 4) is 0 Å². The van der Waals surface area contributed by atoms with Crippen LogP contribution in [0.2, 0.25) is 5.28 Å². The Morgan fingerprint density at radius 2 is 2.06 bits per heavy atom. The minimum atomic E-state index is 0.0602. The van der Waals surface area contributed by atoms with Crippen LogP contribution in [0.4, 0.5) is 17.6 Å². The van der Waals surface area contributed by atoms with Crippen molar-refractivity contribution in [2.24, 2.45) is 0 Å². The van der Waals surface area contributed by atoms with Gasteiger partial charge in [0.25, 0.3) is 0 Å². The quantitative estimate of drug-likeness (QED) is 0.891. The minimum Gasteiger partial charge on any atom is -0.368 e. The second kappa shape index (κ2) is 4.63. The van der Waals surface area contributed by atoms with Gasteiger partial charge in [0.15, 0.2) is 0 Å². The Hall–Kier alpha value is -1.40. The molecule has 1 heterocycles. The molecule has 3 N–H and O–H groups in total. The average molecular weight is 301 g/mol. The molecule has 0 aliphatic rings. The molecule has 1 aromatic carbocycles. The summed E-state index contributed by atoms with van der Waals surface area (Å²) in [6, 6.07) is 7.56. The van der Waals surface area contributed by atoms with Crippen LogP contribution in [0.25, 0.3) is 0 Å². The van der Waals surface area contributed by atoms with Crippen LogP contribution in [0.1, 0.15) is 0 Å². The lowest BCUT2D eigenvalue weighted by molar-refractivity contribution is 1.07. The van der Waals surface area contributed by atoms with Gasteiger partial charge in [0, 0.05) is 10.2 Å². The maximum atomic E-state index is 5.66. The smallest absolute Gasteiger partial charge is 0.233 e. The van der Waals surface area contributed by atoms with E-state index in [9.17, 15) is 0 Å². The number of anilines is 3. The Labute approximate surface area is 105 Å². The van der Waals surface area contributed by atoms with E-state index in [2.05, 4.69) is 36.2 Å². The van der Waals surface area contributed by atoms with Gasteiger partial charge in [-0.2, -0.15) is 15.0 Å². The fourth-order valence-corrected chi connectivity index (χ4v) is 1.68. The van der Waals surface area contributed by atoms with Crippen LogP contribution in [0.15, 0.2) is 28.7 Å².